The van der Waals surface area contributed by atoms with Gasteiger partial charge in [-0.1, -0.05) is 78.1 Å². The maximum absolute atomic E-state index is 9.45. The summed E-state index contributed by atoms with van der Waals surface area (Å²) in [5, 5.41) is 38.7. The fourth-order valence-electron chi connectivity index (χ4n) is 2.81. The number of nitrogens with one attached hydrogen (secondary N) is 2. The number of aliphatic hydroxyl groups is 2. The van der Waals surface area contributed by atoms with Gasteiger partial charge in [0.2, 0.25) is 0 Å². The minimum Gasteiger partial charge on any atom is -0.479 e. The van der Waals surface area contributed by atoms with Gasteiger partial charge in [-0.15, -0.1) is 0 Å². The fraction of sp³-hybridized carbons (Fsp3) is 0.923. The van der Waals surface area contributed by atoms with Crippen LogP contribution in [0.4, 0.5) is 0 Å². The average molecular weight is 493 g/mol. The average Bonchev–Trinajstić information content (AvgIpc) is 2.79. The first-order valence-electron chi connectivity index (χ1n) is 13.4. The lowest BCUT2D eigenvalue weighted by molar-refractivity contribution is -0.146. The highest BCUT2D eigenvalue weighted by atomic mass is 16.4. The molecular formula is C26H56N2O6. The van der Waals surface area contributed by atoms with Crippen LogP contribution in [0.5, 0.6) is 0 Å². The van der Waals surface area contributed by atoms with Crippen LogP contribution in [-0.2, 0) is 9.59 Å². The molecule has 0 bridgehead atoms. The van der Waals surface area contributed by atoms with Crippen LogP contribution in [0.25, 0.3) is 0 Å². The number of hydrogen-bond acceptors (Lipinski definition) is 6. The molecule has 0 aliphatic rings. The SMILES string of the molecule is CC(O)C(=O)O.CC(O)C(=O)O.CCCCCCCNCCCCCCNCCCCCCC. The van der Waals surface area contributed by atoms with Gasteiger partial charge in [0.1, 0.15) is 12.2 Å². The van der Waals surface area contributed by atoms with Crippen LogP contribution in [0, 0.1) is 0 Å². The van der Waals surface area contributed by atoms with Crippen molar-refractivity contribution in [3.05, 3.63) is 0 Å². The van der Waals surface area contributed by atoms with Crippen molar-refractivity contribution in [3.63, 3.8) is 0 Å². The van der Waals surface area contributed by atoms with E-state index in [1.165, 1.54) is 130 Å². The molecule has 8 nitrogen and oxygen atoms in total. The van der Waals surface area contributed by atoms with Crippen LogP contribution in [0.2, 0.25) is 0 Å². The van der Waals surface area contributed by atoms with Gasteiger partial charge in [-0.05, 0) is 65.7 Å². The third-order valence-electron chi connectivity index (χ3n) is 5.09. The molecule has 2 unspecified atom stereocenters. The Morgan fingerprint density at radius 1 is 0.529 bits per heavy atom. The van der Waals surface area contributed by atoms with Crippen molar-refractivity contribution in [1.29, 1.82) is 0 Å². The molecule has 0 aliphatic carbocycles. The first-order valence-corrected chi connectivity index (χ1v) is 13.4. The molecule has 0 aliphatic heterocycles. The van der Waals surface area contributed by atoms with Crippen molar-refractivity contribution < 1.29 is 30.0 Å². The minimum atomic E-state index is -1.23. The van der Waals surface area contributed by atoms with Gasteiger partial charge < -0.3 is 31.1 Å². The highest BCUT2D eigenvalue weighted by Gasteiger charge is 2.02. The van der Waals surface area contributed by atoms with E-state index < -0.39 is 24.1 Å². The zero-order chi connectivity index (χ0) is 26.5. The maximum atomic E-state index is 9.45. The molecule has 8 heteroatoms. The second kappa shape index (κ2) is 31.8. The van der Waals surface area contributed by atoms with Gasteiger partial charge in [-0.2, -0.15) is 0 Å². The van der Waals surface area contributed by atoms with Gasteiger partial charge in [0.05, 0.1) is 0 Å². The van der Waals surface area contributed by atoms with Gasteiger partial charge in [0.25, 0.3) is 0 Å². The minimum absolute atomic E-state index is 1.19. The molecule has 0 fully saturated rings. The number of carboxylic acid groups (broad SMARTS) is 2. The van der Waals surface area contributed by atoms with E-state index >= 15 is 0 Å². The van der Waals surface area contributed by atoms with Crippen LogP contribution < -0.4 is 10.6 Å². The van der Waals surface area contributed by atoms with Gasteiger partial charge in [0.15, 0.2) is 0 Å². The molecule has 0 heterocycles. The van der Waals surface area contributed by atoms with Crippen molar-refractivity contribution >= 4 is 11.9 Å². The number of hydrogen-bond donors (Lipinski definition) is 6. The van der Waals surface area contributed by atoms with Gasteiger partial charge in [-0.25, -0.2) is 9.59 Å². The van der Waals surface area contributed by atoms with Gasteiger partial charge in [-0.3, -0.25) is 0 Å². The van der Waals surface area contributed by atoms with Crippen LogP contribution in [0.1, 0.15) is 118 Å². The second-order valence-electron chi connectivity index (χ2n) is 8.77. The quantitative estimate of drug-likeness (QED) is 0.128. The Hall–Kier alpha value is -1.22. The molecule has 2 atom stereocenters. The Kier molecular flexibility index (Phi) is 34.9. The molecule has 0 saturated heterocycles. The third-order valence-corrected chi connectivity index (χ3v) is 5.09. The monoisotopic (exact) mass is 492 g/mol. The van der Waals surface area contributed by atoms with Crippen molar-refractivity contribution in [2.24, 2.45) is 0 Å². The Morgan fingerprint density at radius 3 is 0.912 bits per heavy atom. The standard InChI is InChI=1S/C20H44N2.2C3H6O3/c1-3-5-7-9-13-17-21-19-15-11-12-16-20-22-18-14-10-8-6-4-2;2*1-2(4)3(5)6/h21-22H,3-20H2,1-2H3;2*2,4H,1H3,(H,5,6). The molecular weight excluding hydrogens is 436 g/mol. The molecule has 206 valence electrons. The number of unbranched alkanes of at least 4 members (excludes halogenated alkanes) is 11. The van der Waals surface area contributed by atoms with Crippen LogP contribution >= 0.6 is 0 Å². The summed E-state index contributed by atoms with van der Waals surface area (Å²) in [6, 6.07) is 0. The highest BCUT2D eigenvalue weighted by Crippen LogP contribution is 2.03. The molecule has 0 aromatic heterocycles. The second-order valence-corrected chi connectivity index (χ2v) is 8.77. The number of carbonyl (C=O) groups is 2. The van der Waals surface area contributed by atoms with Crippen molar-refractivity contribution in [1.82, 2.24) is 10.6 Å². The zero-order valence-electron chi connectivity index (χ0n) is 22.5. The molecule has 34 heavy (non-hydrogen) atoms. The molecule has 0 aromatic carbocycles. The van der Waals surface area contributed by atoms with E-state index in [2.05, 4.69) is 24.5 Å². The van der Waals surface area contributed by atoms with Crippen molar-refractivity contribution in [2.75, 3.05) is 26.2 Å². The van der Waals surface area contributed by atoms with E-state index in [1.54, 1.807) is 0 Å². The molecule has 0 spiro atoms. The predicted molar refractivity (Wildman–Crippen MR) is 140 cm³/mol. The van der Waals surface area contributed by atoms with Crippen molar-refractivity contribution in [3.8, 4) is 0 Å². The van der Waals surface area contributed by atoms with Gasteiger partial charge >= 0.3 is 11.9 Å². The summed E-state index contributed by atoms with van der Waals surface area (Å²) in [5.41, 5.74) is 0. The van der Waals surface area contributed by atoms with E-state index in [0.29, 0.717) is 0 Å². The lowest BCUT2D eigenvalue weighted by atomic mass is 10.1. The summed E-state index contributed by atoms with van der Waals surface area (Å²) < 4.78 is 0. The molecule has 6 N–H and O–H groups in total. The largest absolute Gasteiger partial charge is 0.479 e. The highest BCUT2D eigenvalue weighted by molar-refractivity contribution is 5.71. The zero-order valence-corrected chi connectivity index (χ0v) is 22.5. The maximum Gasteiger partial charge on any atom is 0.332 e. The molecule has 0 aromatic rings. The predicted octanol–water partition coefficient (Wildman–Crippen LogP) is 4.57. The van der Waals surface area contributed by atoms with Crippen molar-refractivity contribution in [2.45, 2.75) is 130 Å². The van der Waals surface area contributed by atoms with E-state index in [-0.39, 0.29) is 0 Å². The van der Waals surface area contributed by atoms with Crippen LogP contribution in [0.3, 0.4) is 0 Å². The van der Waals surface area contributed by atoms with E-state index in [1.807, 2.05) is 0 Å². The summed E-state index contributed by atoms with van der Waals surface area (Å²) >= 11 is 0. The Balaban J connectivity index is -0.000000653. The Labute approximate surface area is 208 Å². The van der Waals surface area contributed by atoms with E-state index in [9.17, 15) is 9.59 Å². The molecule has 0 saturated carbocycles. The smallest absolute Gasteiger partial charge is 0.332 e. The van der Waals surface area contributed by atoms with Gasteiger partial charge in [0, 0.05) is 0 Å². The lowest BCUT2D eigenvalue weighted by Gasteiger charge is -2.06. The first-order chi connectivity index (χ1) is 16.2. The Morgan fingerprint density at radius 2 is 0.735 bits per heavy atom. The van der Waals surface area contributed by atoms with Crippen LogP contribution in [-0.4, -0.2) is 70.8 Å². The molecule has 0 rings (SSSR count). The Bertz CT molecular complexity index is 382. The van der Waals surface area contributed by atoms with E-state index in [0.717, 1.165) is 0 Å². The summed E-state index contributed by atoms with van der Waals surface area (Å²) in [6.07, 6.45) is 16.9. The summed E-state index contributed by atoms with van der Waals surface area (Å²) in [5.74, 6) is -2.37. The van der Waals surface area contributed by atoms with Crippen LogP contribution in [0.15, 0.2) is 0 Å². The van der Waals surface area contributed by atoms with E-state index in [4.69, 9.17) is 20.4 Å². The molecule has 0 radical (unpaired) electrons. The fourth-order valence-corrected chi connectivity index (χ4v) is 2.81. The summed E-state index contributed by atoms with van der Waals surface area (Å²) in [4.78, 5) is 18.9. The number of rotatable bonds is 21. The lowest BCUT2D eigenvalue weighted by Crippen LogP contribution is -2.17. The summed E-state index contributed by atoms with van der Waals surface area (Å²) in [7, 11) is 0. The topological polar surface area (TPSA) is 139 Å². The number of aliphatic carboxylic acids is 2. The number of aliphatic hydroxyl groups excluding tert-OH is 2. The molecule has 0 amide bonds. The third kappa shape index (κ3) is 41.1. The summed E-state index contributed by atoms with van der Waals surface area (Å²) in [6.45, 7) is 11.8. The normalized spacial score (nSPS) is 12.1. The number of carboxylic acids is 2. The first kappa shape index (κ1) is 37.3.